The molecule has 0 unspecified atom stereocenters. The fourth-order valence-corrected chi connectivity index (χ4v) is 2.06. The summed E-state index contributed by atoms with van der Waals surface area (Å²) in [5.41, 5.74) is 5.36. The van der Waals surface area contributed by atoms with Crippen molar-refractivity contribution in [1.29, 1.82) is 0 Å². The van der Waals surface area contributed by atoms with Crippen molar-refractivity contribution in [3.8, 4) is 5.75 Å². The molecular formula is C17H24N2O3. The van der Waals surface area contributed by atoms with Crippen LogP contribution in [0, 0.1) is 5.92 Å². The Morgan fingerprint density at radius 1 is 1.09 bits per heavy atom. The van der Waals surface area contributed by atoms with E-state index in [2.05, 4.69) is 17.8 Å². The lowest BCUT2D eigenvalue weighted by Gasteiger charge is -2.08. The first-order chi connectivity index (χ1) is 10.7. The number of unbranched alkanes of at least 4 members (excludes halogenated alkanes) is 3. The van der Waals surface area contributed by atoms with Crippen LogP contribution >= 0.6 is 0 Å². The highest BCUT2D eigenvalue weighted by Crippen LogP contribution is 2.28. The van der Waals surface area contributed by atoms with Crippen LogP contribution in [0.3, 0.4) is 0 Å². The van der Waals surface area contributed by atoms with Gasteiger partial charge in [-0.25, -0.2) is 0 Å². The molecule has 1 aliphatic carbocycles. The zero-order valence-corrected chi connectivity index (χ0v) is 13.1. The molecule has 0 saturated heterocycles. The molecule has 1 saturated carbocycles. The third-order valence-electron chi connectivity index (χ3n) is 3.63. The van der Waals surface area contributed by atoms with Crippen molar-refractivity contribution in [2.24, 2.45) is 5.92 Å². The molecule has 0 bridgehead atoms. The summed E-state index contributed by atoms with van der Waals surface area (Å²) in [7, 11) is 0. The third-order valence-corrected chi connectivity index (χ3v) is 3.63. The van der Waals surface area contributed by atoms with Crippen LogP contribution in [0.2, 0.25) is 0 Å². The van der Waals surface area contributed by atoms with Gasteiger partial charge < -0.3 is 4.74 Å². The summed E-state index contributed by atoms with van der Waals surface area (Å²) in [5, 5.41) is 0. The number of carbonyl (C=O) groups is 2. The van der Waals surface area contributed by atoms with E-state index in [9.17, 15) is 9.59 Å². The van der Waals surface area contributed by atoms with Gasteiger partial charge in [-0.1, -0.05) is 26.2 Å². The number of amides is 2. The van der Waals surface area contributed by atoms with Crippen LogP contribution in [0.1, 0.15) is 55.8 Å². The molecule has 2 rings (SSSR count). The van der Waals surface area contributed by atoms with Gasteiger partial charge in [-0.05, 0) is 43.5 Å². The van der Waals surface area contributed by atoms with Crippen molar-refractivity contribution in [1.82, 2.24) is 10.9 Å². The molecule has 0 atom stereocenters. The van der Waals surface area contributed by atoms with Gasteiger partial charge in [0, 0.05) is 11.5 Å². The van der Waals surface area contributed by atoms with E-state index in [4.69, 9.17) is 4.74 Å². The molecule has 5 heteroatoms. The van der Waals surface area contributed by atoms with Crippen LogP contribution in [-0.2, 0) is 4.79 Å². The predicted molar refractivity (Wildman–Crippen MR) is 84.4 cm³/mol. The maximum atomic E-state index is 11.9. The SMILES string of the molecule is CCCCCCOc1ccc(C(=O)NNC(=O)C2CC2)cc1. The fraction of sp³-hybridized carbons (Fsp3) is 0.529. The first-order valence-corrected chi connectivity index (χ1v) is 8.03. The Kier molecular flexibility index (Phi) is 6.25. The van der Waals surface area contributed by atoms with Gasteiger partial charge in [-0.3, -0.25) is 20.4 Å². The predicted octanol–water partition coefficient (Wildman–Crippen LogP) is 2.82. The normalized spacial score (nSPS) is 13.5. The summed E-state index contributed by atoms with van der Waals surface area (Å²) in [6.45, 7) is 2.88. The lowest BCUT2D eigenvalue weighted by atomic mass is 10.2. The highest BCUT2D eigenvalue weighted by molar-refractivity contribution is 5.95. The van der Waals surface area contributed by atoms with E-state index in [-0.39, 0.29) is 17.7 Å². The highest BCUT2D eigenvalue weighted by Gasteiger charge is 2.29. The van der Waals surface area contributed by atoms with Gasteiger partial charge in [-0.15, -0.1) is 0 Å². The number of hydrazine groups is 1. The van der Waals surface area contributed by atoms with E-state index < -0.39 is 0 Å². The minimum atomic E-state index is -0.316. The summed E-state index contributed by atoms with van der Waals surface area (Å²) in [4.78, 5) is 23.3. The molecule has 2 N–H and O–H groups in total. The molecule has 0 aliphatic heterocycles. The summed E-state index contributed by atoms with van der Waals surface area (Å²) < 4.78 is 5.62. The van der Waals surface area contributed by atoms with E-state index in [0.717, 1.165) is 25.0 Å². The van der Waals surface area contributed by atoms with E-state index in [0.29, 0.717) is 12.2 Å². The number of hydrogen-bond donors (Lipinski definition) is 2. The zero-order chi connectivity index (χ0) is 15.8. The van der Waals surface area contributed by atoms with E-state index in [1.807, 2.05) is 0 Å². The molecule has 2 amide bonds. The molecule has 120 valence electrons. The molecule has 1 aliphatic rings. The first kappa shape index (κ1) is 16.3. The van der Waals surface area contributed by atoms with Gasteiger partial charge in [0.2, 0.25) is 5.91 Å². The lowest BCUT2D eigenvalue weighted by molar-refractivity contribution is -0.123. The third kappa shape index (κ3) is 5.39. The Labute approximate surface area is 131 Å². The van der Waals surface area contributed by atoms with E-state index in [1.54, 1.807) is 24.3 Å². The number of ether oxygens (including phenoxy) is 1. The Balaban J connectivity index is 1.70. The second-order valence-electron chi connectivity index (χ2n) is 5.65. The first-order valence-electron chi connectivity index (χ1n) is 8.03. The maximum Gasteiger partial charge on any atom is 0.269 e. The Hall–Kier alpha value is -2.04. The molecule has 1 aromatic carbocycles. The van der Waals surface area contributed by atoms with Gasteiger partial charge >= 0.3 is 0 Å². The van der Waals surface area contributed by atoms with Gasteiger partial charge in [0.25, 0.3) is 5.91 Å². The Bertz CT molecular complexity index is 495. The number of benzene rings is 1. The van der Waals surface area contributed by atoms with Crippen molar-refractivity contribution >= 4 is 11.8 Å². The van der Waals surface area contributed by atoms with E-state index in [1.165, 1.54) is 19.3 Å². The fourth-order valence-electron chi connectivity index (χ4n) is 2.06. The summed E-state index contributed by atoms with van der Waals surface area (Å²) in [6.07, 6.45) is 6.48. The van der Waals surface area contributed by atoms with Gasteiger partial charge in [0.15, 0.2) is 0 Å². The summed E-state index contributed by atoms with van der Waals surface area (Å²) in [6, 6.07) is 6.94. The molecule has 0 spiro atoms. The van der Waals surface area contributed by atoms with Crippen molar-refractivity contribution < 1.29 is 14.3 Å². The average Bonchev–Trinajstić information content (AvgIpc) is 3.37. The molecule has 1 fully saturated rings. The van der Waals surface area contributed by atoms with Crippen molar-refractivity contribution in [2.45, 2.75) is 45.4 Å². The summed E-state index contributed by atoms with van der Waals surface area (Å²) in [5.74, 6) is 0.405. The Morgan fingerprint density at radius 2 is 1.82 bits per heavy atom. The van der Waals surface area contributed by atoms with Crippen molar-refractivity contribution in [2.75, 3.05) is 6.61 Å². The minimum Gasteiger partial charge on any atom is -0.494 e. The smallest absolute Gasteiger partial charge is 0.269 e. The average molecular weight is 304 g/mol. The standard InChI is InChI=1S/C17H24N2O3/c1-2-3-4-5-12-22-15-10-8-14(9-11-15)17(21)19-18-16(20)13-6-7-13/h8-11,13H,2-7,12H2,1H3,(H,18,20)(H,19,21). The number of nitrogens with one attached hydrogen (secondary N) is 2. The molecule has 22 heavy (non-hydrogen) atoms. The topological polar surface area (TPSA) is 67.4 Å². The molecule has 0 radical (unpaired) electrons. The van der Waals surface area contributed by atoms with Crippen LogP contribution in [0.5, 0.6) is 5.75 Å². The summed E-state index contributed by atoms with van der Waals surface area (Å²) >= 11 is 0. The largest absolute Gasteiger partial charge is 0.494 e. The van der Waals surface area contributed by atoms with E-state index >= 15 is 0 Å². The van der Waals surface area contributed by atoms with Crippen LogP contribution in [0.15, 0.2) is 24.3 Å². The van der Waals surface area contributed by atoms with Crippen LogP contribution < -0.4 is 15.6 Å². The highest BCUT2D eigenvalue weighted by atomic mass is 16.5. The quantitative estimate of drug-likeness (QED) is 0.573. The van der Waals surface area contributed by atoms with Crippen LogP contribution in [0.25, 0.3) is 0 Å². The maximum absolute atomic E-state index is 11.9. The van der Waals surface area contributed by atoms with Crippen molar-refractivity contribution in [3.05, 3.63) is 29.8 Å². The Morgan fingerprint density at radius 3 is 2.45 bits per heavy atom. The second kappa shape index (κ2) is 8.41. The minimum absolute atomic E-state index is 0.0729. The second-order valence-corrected chi connectivity index (χ2v) is 5.65. The number of rotatable bonds is 8. The lowest BCUT2D eigenvalue weighted by Crippen LogP contribution is -2.42. The zero-order valence-electron chi connectivity index (χ0n) is 13.1. The van der Waals surface area contributed by atoms with Gasteiger partial charge in [-0.2, -0.15) is 0 Å². The number of hydrogen-bond acceptors (Lipinski definition) is 3. The molecule has 0 aromatic heterocycles. The molecular weight excluding hydrogens is 280 g/mol. The van der Waals surface area contributed by atoms with Gasteiger partial charge in [0.1, 0.15) is 5.75 Å². The van der Waals surface area contributed by atoms with Crippen LogP contribution in [0.4, 0.5) is 0 Å². The molecule has 1 aromatic rings. The van der Waals surface area contributed by atoms with Crippen LogP contribution in [-0.4, -0.2) is 18.4 Å². The number of carbonyl (C=O) groups excluding carboxylic acids is 2. The van der Waals surface area contributed by atoms with Crippen molar-refractivity contribution in [3.63, 3.8) is 0 Å². The molecule has 5 nitrogen and oxygen atoms in total. The molecule has 0 heterocycles. The monoisotopic (exact) mass is 304 g/mol. The van der Waals surface area contributed by atoms with Gasteiger partial charge in [0.05, 0.1) is 6.61 Å².